The van der Waals surface area contributed by atoms with Crippen molar-refractivity contribution in [2.45, 2.75) is 40.3 Å². The Labute approximate surface area is 193 Å². The molecule has 1 aromatic carbocycles. The van der Waals surface area contributed by atoms with Crippen LogP contribution in [0.5, 0.6) is 5.75 Å². The van der Waals surface area contributed by atoms with Gasteiger partial charge < -0.3 is 19.8 Å². The number of rotatable bonds is 11. The van der Waals surface area contributed by atoms with Crippen LogP contribution in [0.25, 0.3) is 0 Å². The van der Waals surface area contributed by atoms with Gasteiger partial charge in [-0.25, -0.2) is 0 Å². The molecule has 0 aliphatic heterocycles. The molecule has 0 aliphatic rings. The summed E-state index contributed by atoms with van der Waals surface area (Å²) in [5.41, 5.74) is 1.52. The minimum Gasteiger partial charge on any atom is -0.485 e. The number of aryl methyl sites for hydroxylation is 1. The average molecular weight is 451 g/mol. The number of aromatic nitrogens is 2. The maximum absolute atomic E-state index is 12.8. The third-order valence-electron chi connectivity index (χ3n) is 4.81. The van der Waals surface area contributed by atoms with Gasteiger partial charge >= 0.3 is 0 Å². The molecule has 2 N–H and O–H groups in total. The van der Waals surface area contributed by atoms with Crippen molar-refractivity contribution in [1.29, 1.82) is 0 Å². The first-order chi connectivity index (χ1) is 15.9. The van der Waals surface area contributed by atoms with E-state index in [1.807, 2.05) is 51.1 Å². The van der Waals surface area contributed by atoms with E-state index in [-0.39, 0.29) is 24.0 Å². The maximum Gasteiger partial charge on any atom is 0.291 e. The largest absolute Gasteiger partial charge is 0.485 e. The summed E-state index contributed by atoms with van der Waals surface area (Å²) < 4.78 is 13.1. The molecule has 0 bridgehead atoms. The maximum atomic E-state index is 12.8. The van der Waals surface area contributed by atoms with Crippen LogP contribution in [0.2, 0.25) is 0 Å². The van der Waals surface area contributed by atoms with E-state index in [9.17, 15) is 9.59 Å². The molecule has 2 heterocycles. The smallest absolute Gasteiger partial charge is 0.291 e. The third-order valence-corrected chi connectivity index (χ3v) is 4.81. The zero-order chi connectivity index (χ0) is 23.8. The van der Waals surface area contributed by atoms with Crippen molar-refractivity contribution < 1.29 is 18.7 Å². The van der Waals surface area contributed by atoms with Crippen LogP contribution in [0.4, 0.5) is 5.69 Å². The minimum absolute atomic E-state index is 0.116. The fourth-order valence-corrected chi connectivity index (χ4v) is 3.10. The van der Waals surface area contributed by atoms with Gasteiger partial charge in [0.15, 0.2) is 11.5 Å². The summed E-state index contributed by atoms with van der Waals surface area (Å²) in [4.78, 5) is 25.3. The van der Waals surface area contributed by atoms with Gasteiger partial charge in [0.25, 0.3) is 11.8 Å². The number of hydrogen-bond donors (Lipinski definition) is 2. The van der Waals surface area contributed by atoms with Crippen LogP contribution >= 0.6 is 0 Å². The van der Waals surface area contributed by atoms with E-state index >= 15 is 0 Å². The zero-order valence-electron chi connectivity index (χ0n) is 19.3. The summed E-state index contributed by atoms with van der Waals surface area (Å²) in [6, 6.07) is 11.0. The highest BCUT2D eigenvalue weighted by Crippen LogP contribution is 2.21. The summed E-state index contributed by atoms with van der Waals surface area (Å²) in [5.74, 6) is 0.856. The molecule has 3 rings (SSSR count). The lowest BCUT2D eigenvalue weighted by Gasteiger charge is -2.09. The molecule has 8 heteroatoms. The van der Waals surface area contributed by atoms with Crippen molar-refractivity contribution in [2.75, 3.05) is 11.9 Å². The van der Waals surface area contributed by atoms with E-state index < -0.39 is 5.91 Å². The summed E-state index contributed by atoms with van der Waals surface area (Å²) in [7, 11) is 0. The number of allylic oxidation sites excluding steroid dienone is 1. The molecular weight excluding hydrogens is 420 g/mol. The Balaban J connectivity index is 1.67. The molecule has 0 atom stereocenters. The first-order valence-electron chi connectivity index (χ1n) is 11.0. The molecule has 2 amide bonds. The predicted octanol–water partition coefficient (Wildman–Crippen LogP) is 4.44. The van der Waals surface area contributed by atoms with Gasteiger partial charge in [0.1, 0.15) is 18.1 Å². The molecule has 0 fully saturated rings. The normalized spacial score (nSPS) is 10.8. The number of anilines is 1. The molecule has 0 radical (unpaired) electrons. The molecule has 0 unspecified atom stereocenters. The topological polar surface area (TPSA) is 98.4 Å². The van der Waals surface area contributed by atoms with Crippen molar-refractivity contribution in [3.63, 3.8) is 0 Å². The van der Waals surface area contributed by atoms with Crippen molar-refractivity contribution in [1.82, 2.24) is 15.1 Å². The number of carbonyl (C=O) groups is 2. The SMILES string of the molecule is C=CCc1ccccc1OCc1ccc(C(=O)Nc2cn(CC)nc2C(=O)NCC(C)C)o1. The van der Waals surface area contributed by atoms with Gasteiger partial charge in [0, 0.05) is 19.3 Å². The number of carbonyl (C=O) groups excluding carboxylic acids is 2. The van der Waals surface area contributed by atoms with Gasteiger partial charge in [0.05, 0.1) is 5.69 Å². The van der Waals surface area contributed by atoms with Gasteiger partial charge in [-0.15, -0.1) is 6.58 Å². The highest BCUT2D eigenvalue weighted by Gasteiger charge is 2.20. The van der Waals surface area contributed by atoms with Gasteiger partial charge in [-0.1, -0.05) is 38.1 Å². The predicted molar refractivity (Wildman–Crippen MR) is 126 cm³/mol. The van der Waals surface area contributed by atoms with Crippen LogP contribution in [0, 0.1) is 5.92 Å². The second-order valence-corrected chi connectivity index (χ2v) is 7.96. The lowest BCUT2D eigenvalue weighted by molar-refractivity contribution is 0.0944. The Morgan fingerprint density at radius 3 is 2.73 bits per heavy atom. The summed E-state index contributed by atoms with van der Waals surface area (Å²) in [5, 5.41) is 9.84. The Hall–Kier alpha value is -3.81. The highest BCUT2D eigenvalue weighted by atomic mass is 16.5. The Bertz CT molecular complexity index is 1110. The van der Waals surface area contributed by atoms with Crippen molar-refractivity contribution >= 4 is 17.5 Å². The fraction of sp³-hybridized carbons (Fsp3) is 0.320. The van der Waals surface area contributed by atoms with Crippen LogP contribution in [0.1, 0.15) is 53.1 Å². The van der Waals surface area contributed by atoms with Crippen molar-refractivity contribution in [2.24, 2.45) is 5.92 Å². The molecular formula is C25H30N4O4. The number of ether oxygens (including phenoxy) is 1. The van der Waals surface area contributed by atoms with Gasteiger partial charge in [-0.3, -0.25) is 14.3 Å². The molecule has 8 nitrogen and oxygen atoms in total. The second kappa shape index (κ2) is 11.2. The quantitative estimate of drug-likeness (QED) is 0.421. The molecule has 0 aliphatic carbocycles. The number of amides is 2. The third kappa shape index (κ3) is 6.35. The summed E-state index contributed by atoms with van der Waals surface area (Å²) in [6.07, 6.45) is 4.14. The first-order valence-corrected chi connectivity index (χ1v) is 11.0. The van der Waals surface area contributed by atoms with Gasteiger partial charge in [0.2, 0.25) is 0 Å². The number of nitrogens with zero attached hydrogens (tertiary/aromatic N) is 2. The molecule has 0 saturated heterocycles. The Morgan fingerprint density at radius 1 is 1.21 bits per heavy atom. The fourth-order valence-electron chi connectivity index (χ4n) is 3.10. The molecule has 3 aromatic rings. The van der Waals surface area contributed by atoms with Crippen LogP contribution in [-0.2, 0) is 19.6 Å². The van der Waals surface area contributed by atoms with Crippen LogP contribution < -0.4 is 15.4 Å². The Morgan fingerprint density at radius 2 is 2.00 bits per heavy atom. The van der Waals surface area contributed by atoms with Gasteiger partial charge in [-0.05, 0) is 43.0 Å². The average Bonchev–Trinajstić information content (AvgIpc) is 3.44. The molecule has 33 heavy (non-hydrogen) atoms. The lowest BCUT2D eigenvalue weighted by Crippen LogP contribution is -2.28. The minimum atomic E-state index is -0.470. The lowest BCUT2D eigenvalue weighted by atomic mass is 10.1. The van der Waals surface area contributed by atoms with Crippen LogP contribution in [0.3, 0.4) is 0 Å². The van der Waals surface area contributed by atoms with E-state index in [2.05, 4.69) is 22.3 Å². The number of para-hydroxylation sites is 1. The van der Waals surface area contributed by atoms with Crippen LogP contribution in [-0.4, -0.2) is 28.1 Å². The first kappa shape index (κ1) is 23.8. The van der Waals surface area contributed by atoms with E-state index in [4.69, 9.17) is 9.15 Å². The summed E-state index contributed by atoms with van der Waals surface area (Å²) in [6.45, 7) is 10.9. The van der Waals surface area contributed by atoms with Crippen LogP contribution in [0.15, 0.2) is 59.7 Å². The number of furan rings is 1. The number of benzene rings is 1. The Kier molecular flexibility index (Phi) is 8.07. The molecule has 0 saturated carbocycles. The van der Waals surface area contributed by atoms with Crippen molar-refractivity contribution in [3.8, 4) is 5.75 Å². The zero-order valence-corrected chi connectivity index (χ0v) is 19.3. The van der Waals surface area contributed by atoms with E-state index in [1.165, 1.54) is 0 Å². The number of nitrogens with one attached hydrogen (secondary N) is 2. The molecule has 174 valence electrons. The standard InChI is InChI=1S/C25H30N4O4/c1-5-9-18-10-7-8-11-21(18)32-16-19-12-13-22(33-19)24(30)27-20-15-29(6-2)28-23(20)25(31)26-14-17(3)4/h5,7-8,10-13,15,17H,1,6,9,14,16H2,2-4H3,(H,26,31)(H,27,30). The van der Waals surface area contributed by atoms with E-state index in [0.29, 0.717) is 36.9 Å². The van der Waals surface area contributed by atoms with Gasteiger partial charge in [-0.2, -0.15) is 5.10 Å². The van der Waals surface area contributed by atoms with E-state index in [1.54, 1.807) is 23.0 Å². The highest BCUT2D eigenvalue weighted by molar-refractivity contribution is 6.07. The second-order valence-electron chi connectivity index (χ2n) is 7.96. The molecule has 0 spiro atoms. The monoisotopic (exact) mass is 450 g/mol. The van der Waals surface area contributed by atoms with Crippen molar-refractivity contribution in [3.05, 3.63) is 78.0 Å². The number of hydrogen-bond acceptors (Lipinski definition) is 5. The summed E-state index contributed by atoms with van der Waals surface area (Å²) >= 11 is 0. The van der Waals surface area contributed by atoms with E-state index in [0.717, 1.165) is 11.3 Å². The molecule has 2 aromatic heterocycles.